The maximum absolute atomic E-state index is 12.6. The van der Waals surface area contributed by atoms with Gasteiger partial charge in [-0.3, -0.25) is 14.5 Å². The minimum atomic E-state index is -0.0233. The first-order valence-corrected chi connectivity index (χ1v) is 10.4. The van der Waals surface area contributed by atoms with Crippen molar-refractivity contribution in [2.75, 3.05) is 23.7 Å². The SMILES string of the molecule is CCc1ccc(NC(=O)CCN(CC(=O)Nc2c(C)cccc2C)C2CC2)cc1. The van der Waals surface area contributed by atoms with E-state index in [1.165, 1.54) is 5.56 Å². The molecule has 1 aliphatic carbocycles. The molecule has 154 valence electrons. The van der Waals surface area contributed by atoms with Gasteiger partial charge in [0, 0.05) is 30.4 Å². The molecule has 3 rings (SSSR count). The Morgan fingerprint density at radius 1 is 0.966 bits per heavy atom. The van der Waals surface area contributed by atoms with Gasteiger partial charge in [-0.25, -0.2) is 0 Å². The lowest BCUT2D eigenvalue weighted by molar-refractivity contribution is -0.119. The molecule has 0 aliphatic heterocycles. The van der Waals surface area contributed by atoms with E-state index >= 15 is 0 Å². The predicted octanol–water partition coefficient (Wildman–Crippen LogP) is 4.30. The van der Waals surface area contributed by atoms with Gasteiger partial charge in [-0.15, -0.1) is 0 Å². The molecular formula is C24H31N3O2. The Labute approximate surface area is 173 Å². The average Bonchev–Trinajstić information content (AvgIpc) is 3.54. The lowest BCUT2D eigenvalue weighted by Crippen LogP contribution is -2.37. The average molecular weight is 394 g/mol. The molecule has 0 bridgehead atoms. The number of para-hydroxylation sites is 1. The van der Waals surface area contributed by atoms with Crippen molar-refractivity contribution in [2.45, 2.75) is 52.5 Å². The zero-order valence-electron chi connectivity index (χ0n) is 17.6. The number of anilines is 2. The Hall–Kier alpha value is -2.66. The van der Waals surface area contributed by atoms with Crippen molar-refractivity contribution < 1.29 is 9.59 Å². The molecule has 0 unspecified atom stereocenters. The molecule has 2 N–H and O–H groups in total. The van der Waals surface area contributed by atoms with Crippen molar-refractivity contribution in [3.63, 3.8) is 0 Å². The molecule has 0 spiro atoms. The summed E-state index contributed by atoms with van der Waals surface area (Å²) >= 11 is 0. The van der Waals surface area contributed by atoms with E-state index in [9.17, 15) is 9.59 Å². The van der Waals surface area contributed by atoms with Gasteiger partial charge >= 0.3 is 0 Å². The Morgan fingerprint density at radius 3 is 2.21 bits per heavy atom. The molecule has 0 saturated heterocycles. The highest BCUT2D eigenvalue weighted by molar-refractivity contribution is 5.94. The van der Waals surface area contributed by atoms with Crippen LogP contribution in [-0.4, -0.2) is 35.8 Å². The number of hydrogen-bond acceptors (Lipinski definition) is 3. The van der Waals surface area contributed by atoms with Crippen LogP contribution in [0.2, 0.25) is 0 Å². The first-order chi connectivity index (χ1) is 14.0. The van der Waals surface area contributed by atoms with Crippen LogP contribution in [0.15, 0.2) is 42.5 Å². The Bertz CT molecular complexity index is 837. The van der Waals surface area contributed by atoms with Crippen molar-refractivity contribution in [3.8, 4) is 0 Å². The molecule has 2 amide bonds. The number of nitrogens with one attached hydrogen (secondary N) is 2. The highest BCUT2D eigenvalue weighted by Gasteiger charge is 2.30. The lowest BCUT2D eigenvalue weighted by Gasteiger charge is -2.22. The molecule has 0 heterocycles. The van der Waals surface area contributed by atoms with Gasteiger partial charge in [0.2, 0.25) is 11.8 Å². The van der Waals surface area contributed by atoms with Crippen molar-refractivity contribution in [1.82, 2.24) is 4.90 Å². The second-order valence-electron chi connectivity index (χ2n) is 7.87. The second kappa shape index (κ2) is 9.70. The quantitative estimate of drug-likeness (QED) is 0.668. The van der Waals surface area contributed by atoms with Crippen LogP contribution in [0.5, 0.6) is 0 Å². The number of aryl methyl sites for hydroxylation is 3. The van der Waals surface area contributed by atoms with Crippen LogP contribution in [-0.2, 0) is 16.0 Å². The summed E-state index contributed by atoms with van der Waals surface area (Å²) in [7, 11) is 0. The van der Waals surface area contributed by atoms with Gasteiger partial charge in [-0.1, -0.05) is 37.3 Å². The van der Waals surface area contributed by atoms with E-state index in [0.29, 0.717) is 25.6 Å². The van der Waals surface area contributed by atoms with Crippen LogP contribution in [0.25, 0.3) is 0 Å². The third-order valence-corrected chi connectivity index (χ3v) is 5.43. The summed E-state index contributed by atoms with van der Waals surface area (Å²) in [4.78, 5) is 27.1. The van der Waals surface area contributed by atoms with Gasteiger partial charge < -0.3 is 10.6 Å². The molecule has 0 radical (unpaired) electrons. The number of carbonyl (C=O) groups is 2. The monoisotopic (exact) mass is 393 g/mol. The van der Waals surface area contributed by atoms with Crippen LogP contribution < -0.4 is 10.6 Å². The van der Waals surface area contributed by atoms with Gasteiger partial charge in [0.1, 0.15) is 0 Å². The van der Waals surface area contributed by atoms with Gasteiger partial charge in [-0.05, 0) is 61.9 Å². The molecule has 29 heavy (non-hydrogen) atoms. The normalized spacial score (nSPS) is 13.4. The third-order valence-electron chi connectivity index (χ3n) is 5.43. The highest BCUT2D eigenvalue weighted by atomic mass is 16.2. The topological polar surface area (TPSA) is 61.4 Å². The molecule has 2 aromatic rings. The minimum absolute atomic E-state index is 0.0185. The van der Waals surface area contributed by atoms with Crippen molar-refractivity contribution in [3.05, 3.63) is 59.2 Å². The largest absolute Gasteiger partial charge is 0.326 e. The molecule has 1 saturated carbocycles. The number of hydrogen-bond donors (Lipinski definition) is 2. The Morgan fingerprint density at radius 2 is 1.62 bits per heavy atom. The van der Waals surface area contributed by atoms with Crippen LogP contribution in [0.4, 0.5) is 11.4 Å². The molecule has 1 aliphatic rings. The van der Waals surface area contributed by atoms with Gasteiger partial charge in [-0.2, -0.15) is 0 Å². The van der Waals surface area contributed by atoms with Crippen LogP contribution in [0.3, 0.4) is 0 Å². The van der Waals surface area contributed by atoms with Crippen molar-refractivity contribution in [1.29, 1.82) is 0 Å². The summed E-state index contributed by atoms with van der Waals surface area (Å²) < 4.78 is 0. The van der Waals surface area contributed by atoms with E-state index < -0.39 is 0 Å². The van der Waals surface area contributed by atoms with E-state index in [-0.39, 0.29) is 11.8 Å². The molecular weight excluding hydrogens is 362 g/mol. The number of amides is 2. The number of benzene rings is 2. The van der Waals surface area contributed by atoms with E-state index in [2.05, 4.69) is 22.5 Å². The first kappa shape index (κ1) is 21.1. The van der Waals surface area contributed by atoms with E-state index in [0.717, 1.165) is 41.8 Å². The summed E-state index contributed by atoms with van der Waals surface area (Å²) in [5.74, 6) is -0.0417. The summed E-state index contributed by atoms with van der Waals surface area (Å²) in [6.45, 7) is 7.01. The molecule has 1 fully saturated rings. The number of carbonyl (C=O) groups excluding carboxylic acids is 2. The lowest BCUT2D eigenvalue weighted by atomic mass is 10.1. The smallest absolute Gasteiger partial charge is 0.238 e. The maximum Gasteiger partial charge on any atom is 0.238 e. The molecule has 0 atom stereocenters. The summed E-state index contributed by atoms with van der Waals surface area (Å²) in [5.41, 5.74) is 5.08. The van der Waals surface area contributed by atoms with Gasteiger partial charge in [0.25, 0.3) is 0 Å². The Kier molecular flexibility index (Phi) is 7.04. The summed E-state index contributed by atoms with van der Waals surface area (Å²) in [6.07, 6.45) is 3.55. The Balaban J connectivity index is 1.50. The van der Waals surface area contributed by atoms with E-state index in [1.807, 2.05) is 56.3 Å². The fourth-order valence-corrected chi connectivity index (χ4v) is 3.50. The van der Waals surface area contributed by atoms with Crippen molar-refractivity contribution >= 4 is 23.2 Å². The second-order valence-corrected chi connectivity index (χ2v) is 7.87. The van der Waals surface area contributed by atoms with Gasteiger partial charge in [0.15, 0.2) is 0 Å². The van der Waals surface area contributed by atoms with Crippen LogP contribution in [0, 0.1) is 13.8 Å². The third kappa shape index (κ3) is 6.16. The number of nitrogens with zero attached hydrogens (tertiary/aromatic N) is 1. The molecule has 0 aromatic heterocycles. The zero-order valence-corrected chi connectivity index (χ0v) is 17.6. The molecule has 5 nitrogen and oxygen atoms in total. The fourth-order valence-electron chi connectivity index (χ4n) is 3.50. The summed E-state index contributed by atoms with van der Waals surface area (Å²) in [6, 6.07) is 14.3. The van der Waals surface area contributed by atoms with Crippen molar-refractivity contribution in [2.24, 2.45) is 0 Å². The molecule has 2 aromatic carbocycles. The maximum atomic E-state index is 12.6. The van der Waals surface area contributed by atoms with E-state index in [4.69, 9.17) is 0 Å². The zero-order chi connectivity index (χ0) is 20.8. The van der Waals surface area contributed by atoms with Gasteiger partial charge in [0.05, 0.1) is 6.54 Å². The minimum Gasteiger partial charge on any atom is -0.326 e. The number of rotatable bonds is 9. The fraction of sp³-hybridized carbons (Fsp3) is 0.417. The first-order valence-electron chi connectivity index (χ1n) is 10.4. The standard InChI is InChI=1S/C24H31N3O2/c1-4-19-8-10-20(11-9-19)25-22(28)14-15-27(21-12-13-21)16-23(29)26-24-17(2)6-5-7-18(24)3/h5-11,21H,4,12-16H2,1-3H3,(H,25,28)(H,26,29). The highest BCUT2D eigenvalue weighted by Crippen LogP contribution is 2.27. The summed E-state index contributed by atoms with van der Waals surface area (Å²) in [5, 5.41) is 6.00. The molecule has 5 heteroatoms. The predicted molar refractivity (Wildman–Crippen MR) is 118 cm³/mol. The van der Waals surface area contributed by atoms with E-state index in [1.54, 1.807) is 0 Å². The van der Waals surface area contributed by atoms with Crippen LogP contribution in [0.1, 0.15) is 42.9 Å². The van der Waals surface area contributed by atoms with Crippen LogP contribution >= 0.6 is 0 Å².